The Hall–Kier alpha value is -3.97. The monoisotopic (exact) mass is 543 g/mol. The zero-order chi connectivity index (χ0) is 27.7. The summed E-state index contributed by atoms with van der Waals surface area (Å²) in [4.78, 5) is 47.4. The second-order valence-electron chi connectivity index (χ2n) is 11.0. The minimum atomic E-state index is -0.858. The third kappa shape index (κ3) is 5.88. The SMILES string of the molecule is CC(C)(C)CC(=O)N(CCc1cccc(Cl)c1)C1CC(=O)N(c2ccc(-c3nc4ccccc4o3)cc2)C1=O. The van der Waals surface area contributed by atoms with Crippen molar-refractivity contribution in [3.05, 3.63) is 83.4 Å². The third-order valence-corrected chi connectivity index (χ3v) is 6.93. The predicted molar refractivity (Wildman–Crippen MR) is 151 cm³/mol. The van der Waals surface area contributed by atoms with Crippen molar-refractivity contribution in [3.8, 4) is 11.5 Å². The molecule has 1 aliphatic heterocycles. The summed E-state index contributed by atoms with van der Waals surface area (Å²) in [5, 5.41) is 0.611. The minimum Gasteiger partial charge on any atom is -0.436 e. The minimum absolute atomic E-state index is 0.0584. The number of para-hydroxylation sites is 2. The maximum Gasteiger partial charge on any atom is 0.257 e. The van der Waals surface area contributed by atoms with E-state index in [0.29, 0.717) is 35.1 Å². The Labute approximate surface area is 232 Å². The first-order valence-corrected chi connectivity index (χ1v) is 13.3. The first kappa shape index (κ1) is 26.6. The van der Waals surface area contributed by atoms with Gasteiger partial charge in [-0.2, -0.15) is 0 Å². The number of carbonyl (C=O) groups is 3. The Morgan fingerprint density at radius 2 is 1.79 bits per heavy atom. The van der Waals surface area contributed by atoms with Crippen LogP contribution in [0.2, 0.25) is 5.02 Å². The van der Waals surface area contributed by atoms with Crippen LogP contribution in [0.15, 0.2) is 77.2 Å². The van der Waals surface area contributed by atoms with Crippen molar-refractivity contribution in [1.29, 1.82) is 0 Å². The molecule has 3 amide bonds. The Bertz CT molecular complexity index is 1500. The van der Waals surface area contributed by atoms with Crippen LogP contribution in [0.25, 0.3) is 22.6 Å². The zero-order valence-corrected chi connectivity index (χ0v) is 22.9. The molecule has 0 radical (unpaired) electrons. The lowest BCUT2D eigenvalue weighted by Crippen LogP contribution is -2.47. The number of anilines is 1. The highest BCUT2D eigenvalue weighted by Crippen LogP contribution is 2.31. The molecule has 0 aliphatic carbocycles. The van der Waals surface area contributed by atoms with Gasteiger partial charge in [-0.25, -0.2) is 9.88 Å². The second kappa shape index (κ2) is 10.7. The average Bonchev–Trinajstić information content (AvgIpc) is 3.44. The first-order valence-electron chi connectivity index (χ1n) is 13.0. The first-order chi connectivity index (χ1) is 18.6. The van der Waals surface area contributed by atoms with Crippen LogP contribution < -0.4 is 4.90 Å². The molecule has 2 heterocycles. The highest BCUT2D eigenvalue weighted by molar-refractivity contribution is 6.30. The second-order valence-corrected chi connectivity index (χ2v) is 11.5. The zero-order valence-electron chi connectivity index (χ0n) is 22.2. The molecule has 5 rings (SSSR count). The van der Waals surface area contributed by atoms with Crippen molar-refractivity contribution in [2.75, 3.05) is 11.4 Å². The molecule has 1 saturated heterocycles. The van der Waals surface area contributed by atoms with Crippen LogP contribution in [0.1, 0.15) is 39.2 Å². The smallest absolute Gasteiger partial charge is 0.257 e. The highest BCUT2D eigenvalue weighted by Gasteiger charge is 2.44. The van der Waals surface area contributed by atoms with Gasteiger partial charge in [-0.05, 0) is 65.9 Å². The highest BCUT2D eigenvalue weighted by atomic mass is 35.5. The van der Waals surface area contributed by atoms with Gasteiger partial charge in [-0.15, -0.1) is 0 Å². The maximum atomic E-state index is 13.6. The van der Waals surface area contributed by atoms with E-state index in [1.807, 2.05) is 63.2 Å². The summed E-state index contributed by atoms with van der Waals surface area (Å²) in [5.41, 5.74) is 3.31. The Balaban J connectivity index is 1.37. The molecule has 8 heteroatoms. The van der Waals surface area contributed by atoms with Crippen molar-refractivity contribution in [3.63, 3.8) is 0 Å². The van der Waals surface area contributed by atoms with Gasteiger partial charge in [0.2, 0.25) is 17.7 Å². The van der Waals surface area contributed by atoms with E-state index in [4.69, 9.17) is 16.0 Å². The third-order valence-electron chi connectivity index (χ3n) is 6.70. The van der Waals surface area contributed by atoms with Crippen LogP contribution >= 0.6 is 11.6 Å². The van der Waals surface area contributed by atoms with Gasteiger partial charge in [0, 0.05) is 23.6 Å². The van der Waals surface area contributed by atoms with Crippen molar-refractivity contribution in [2.24, 2.45) is 5.41 Å². The van der Waals surface area contributed by atoms with Crippen LogP contribution in [-0.4, -0.2) is 40.2 Å². The molecule has 4 aromatic rings. The van der Waals surface area contributed by atoms with Crippen molar-refractivity contribution in [2.45, 2.75) is 46.1 Å². The number of hydrogen-bond donors (Lipinski definition) is 0. The Morgan fingerprint density at radius 1 is 1.05 bits per heavy atom. The van der Waals surface area contributed by atoms with Gasteiger partial charge < -0.3 is 9.32 Å². The fourth-order valence-electron chi connectivity index (χ4n) is 4.83. The number of hydrogen-bond acceptors (Lipinski definition) is 5. The van der Waals surface area contributed by atoms with E-state index in [9.17, 15) is 14.4 Å². The average molecular weight is 544 g/mol. The predicted octanol–water partition coefficient (Wildman–Crippen LogP) is 6.29. The van der Waals surface area contributed by atoms with Crippen LogP contribution in [0.4, 0.5) is 5.69 Å². The van der Waals surface area contributed by atoms with E-state index >= 15 is 0 Å². The van der Waals surface area contributed by atoms with Gasteiger partial charge in [0.05, 0.1) is 12.1 Å². The van der Waals surface area contributed by atoms with E-state index in [1.54, 1.807) is 35.2 Å². The largest absolute Gasteiger partial charge is 0.436 e. The van der Waals surface area contributed by atoms with Gasteiger partial charge in [0.15, 0.2) is 5.58 Å². The van der Waals surface area contributed by atoms with Crippen molar-refractivity contribution >= 4 is 46.1 Å². The summed E-state index contributed by atoms with van der Waals surface area (Å²) in [6.45, 7) is 6.24. The van der Waals surface area contributed by atoms with Crippen LogP contribution in [0.5, 0.6) is 0 Å². The molecule has 1 atom stereocenters. The molecule has 3 aromatic carbocycles. The van der Waals surface area contributed by atoms with Crippen LogP contribution in [0.3, 0.4) is 0 Å². The summed E-state index contributed by atoms with van der Waals surface area (Å²) in [6.07, 6.45) is 0.727. The topological polar surface area (TPSA) is 83.7 Å². The summed E-state index contributed by atoms with van der Waals surface area (Å²) < 4.78 is 5.84. The number of imide groups is 1. The van der Waals surface area contributed by atoms with E-state index < -0.39 is 11.9 Å². The standard InChI is InChI=1S/C31H30ClN3O4/c1-31(2,3)19-28(37)34(16-15-20-7-6-8-22(32)17-20)25-18-27(36)35(30(25)38)23-13-11-21(12-14-23)29-33-24-9-4-5-10-26(24)39-29/h4-14,17,25H,15-16,18-19H2,1-3H3. The van der Waals surface area contributed by atoms with Crippen molar-refractivity contribution < 1.29 is 18.8 Å². The molecular formula is C31H30ClN3O4. The molecule has 0 N–H and O–H groups in total. The molecule has 1 unspecified atom stereocenters. The molecule has 1 aliphatic rings. The molecule has 0 saturated carbocycles. The summed E-state index contributed by atoms with van der Waals surface area (Å²) >= 11 is 6.14. The Kier molecular flexibility index (Phi) is 7.28. The number of rotatable bonds is 7. The molecule has 39 heavy (non-hydrogen) atoms. The number of halogens is 1. The fourth-order valence-corrected chi connectivity index (χ4v) is 5.04. The van der Waals surface area contributed by atoms with Gasteiger partial charge in [0.1, 0.15) is 11.6 Å². The van der Waals surface area contributed by atoms with Gasteiger partial charge in [-0.3, -0.25) is 14.4 Å². The Morgan fingerprint density at radius 3 is 2.49 bits per heavy atom. The molecule has 0 bridgehead atoms. The lowest BCUT2D eigenvalue weighted by molar-refractivity contribution is -0.139. The van der Waals surface area contributed by atoms with Crippen LogP contribution in [0, 0.1) is 5.41 Å². The number of amides is 3. The number of fused-ring (bicyclic) bond motifs is 1. The summed E-state index contributed by atoms with van der Waals surface area (Å²) in [5.74, 6) is -0.428. The normalized spacial score (nSPS) is 15.8. The molecule has 0 spiro atoms. The van der Waals surface area contributed by atoms with Crippen LogP contribution in [-0.2, 0) is 20.8 Å². The molecule has 1 aromatic heterocycles. The number of aromatic nitrogens is 1. The van der Waals surface area contributed by atoms with E-state index in [-0.39, 0.29) is 30.1 Å². The number of carbonyl (C=O) groups excluding carboxylic acids is 3. The molecular weight excluding hydrogens is 514 g/mol. The quantitative estimate of drug-likeness (QED) is 0.256. The molecule has 1 fully saturated rings. The lowest BCUT2D eigenvalue weighted by Gasteiger charge is -2.30. The van der Waals surface area contributed by atoms with Gasteiger partial charge in [0.25, 0.3) is 5.91 Å². The fraction of sp³-hybridized carbons (Fsp3) is 0.290. The maximum absolute atomic E-state index is 13.6. The van der Waals surface area contributed by atoms with E-state index in [1.165, 1.54) is 4.90 Å². The number of nitrogens with zero attached hydrogens (tertiary/aromatic N) is 3. The summed E-state index contributed by atoms with van der Waals surface area (Å²) in [7, 11) is 0. The molecule has 7 nitrogen and oxygen atoms in total. The van der Waals surface area contributed by atoms with Gasteiger partial charge >= 0.3 is 0 Å². The lowest BCUT2D eigenvalue weighted by atomic mass is 9.91. The van der Waals surface area contributed by atoms with E-state index in [0.717, 1.165) is 16.6 Å². The van der Waals surface area contributed by atoms with Crippen molar-refractivity contribution in [1.82, 2.24) is 9.88 Å². The van der Waals surface area contributed by atoms with Gasteiger partial charge in [-0.1, -0.05) is 56.6 Å². The van der Waals surface area contributed by atoms with E-state index in [2.05, 4.69) is 4.98 Å². The summed E-state index contributed by atoms with van der Waals surface area (Å²) in [6, 6.07) is 21.0. The number of benzene rings is 3. The molecule has 200 valence electrons. The number of oxazole rings is 1.